The number of imide groups is 1. The van der Waals surface area contributed by atoms with Gasteiger partial charge in [0, 0.05) is 17.2 Å². The van der Waals surface area contributed by atoms with E-state index in [4.69, 9.17) is 23.2 Å². The van der Waals surface area contributed by atoms with Gasteiger partial charge in [0.05, 0.1) is 33.5 Å². The molecule has 1 heterocycles. The lowest BCUT2D eigenvalue weighted by molar-refractivity contribution is -0.122. The molecule has 202 valence electrons. The number of aromatic hydroxyl groups is 1. The molecule has 7 nitrogen and oxygen atoms in total. The zero-order chi connectivity index (χ0) is 28.5. The Labute approximate surface area is 245 Å². The Kier molecular flexibility index (Phi) is 5.78. The SMILES string of the molecule is O=C(N/N=C\C12c3ccccc3C(c3ccccc31)[C@H]1C(=O)N(c3ccc(Cl)cc3Cl)C(=O)[C@H]12)c1ccccc1O. The van der Waals surface area contributed by atoms with Crippen LogP contribution in [0.15, 0.2) is 96.1 Å². The Morgan fingerprint density at radius 3 is 2.17 bits per heavy atom. The smallest absolute Gasteiger partial charge is 0.275 e. The summed E-state index contributed by atoms with van der Waals surface area (Å²) in [6.07, 6.45) is 1.56. The molecule has 1 saturated heterocycles. The highest BCUT2D eigenvalue weighted by Gasteiger charge is 2.68. The Bertz CT molecular complexity index is 1770. The zero-order valence-corrected chi connectivity index (χ0v) is 22.8. The van der Waals surface area contributed by atoms with E-state index in [2.05, 4.69) is 10.5 Å². The molecule has 1 aliphatic heterocycles. The Morgan fingerprint density at radius 2 is 1.51 bits per heavy atom. The van der Waals surface area contributed by atoms with E-state index in [9.17, 15) is 19.5 Å². The predicted molar refractivity (Wildman–Crippen MR) is 156 cm³/mol. The summed E-state index contributed by atoms with van der Waals surface area (Å²) in [5.41, 5.74) is 5.22. The quantitative estimate of drug-likeness (QED) is 0.184. The molecule has 2 atom stereocenters. The number of phenols is 1. The van der Waals surface area contributed by atoms with Crippen LogP contribution in [0.4, 0.5) is 5.69 Å². The summed E-state index contributed by atoms with van der Waals surface area (Å²) in [5.74, 6) is -3.47. The minimum atomic E-state index is -1.17. The molecular formula is C32H21Cl2N3O4. The summed E-state index contributed by atoms with van der Waals surface area (Å²) in [6.45, 7) is 0. The molecule has 4 aliphatic rings. The van der Waals surface area contributed by atoms with Crippen LogP contribution in [0, 0.1) is 11.8 Å². The number of nitrogens with one attached hydrogen (secondary N) is 1. The van der Waals surface area contributed by atoms with Crippen LogP contribution >= 0.6 is 23.2 Å². The van der Waals surface area contributed by atoms with Gasteiger partial charge in [0.15, 0.2) is 0 Å². The van der Waals surface area contributed by atoms with Crippen LogP contribution in [-0.4, -0.2) is 29.0 Å². The van der Waals surface area contributed by atoms with Gasteiger partial charge >= 0.3 is 0 Å². The molecular weight excluding hydrogens is 561 g/mol. The van der Waals surface area contributed by atoms with Gasteiger partial charge in [-0.25, -0.2) is 10.3 Å². The van der Waals surface area contributed by atoms with Crippen molar-refractivity contribution >= 4 is 52.8 Å². The number of hydrogen-bond donors (Lipinski definition) is 2. The van der Waals surface area contributed by atoms with Crippen molar-refractivity contribution in [2.45, 2.75) is 11.3 Å². The first-order valence-corrected chi connectivity index (χ1v) is 13.7. The molecule has 3 aliphatic carbocycles. The monoisotopic (exact) mass is 581 g/mol. The van der Waals surface area contributed by atoms with Gasteiger partial charge in [-0.3, -0.25) is 14.4 Å². The van der Waals surface area contributed by atoms with Gasteiger partial charge in [0.1, 0.15) is 5.75 Å². The van der Waals surface area contributed by atoms with Crippen LogP contribution in [0.25, 0.3) is 0 Å². The second-order valence-corrected chi connectivity index (χ2v) is 11.2. The fourth-order valence-corrected chi connectivity index (χ4v) is 7.36. The van der Waals surface area contributed by atoms with E-state index in [1.165, 1.54) is 23.1 Å². The third-order valence-electron chi connectivity index (χ3n) is 8.42. The number of hydrogen-bond acceptors (Lipinski definition) is 5. The number of halogens is 2. The van der Waals surface area contributed by atoms with Crippen molar-refractivity contribution in [2.24, 2.45) is 16.9 Å². The van der Waals surface area contributed by atoms with E-state index in [-0.39, 0.29) is 33.8 Å². The van der Waals surface area contributed by atoms with Gasteiger partial charge in [-0.1, -0.05) is 83.9 Å². The number of carbonyl (C=O) groups excluding carboxylic acids is 3. The normalized spacial score (nSPS) is 23.9. The van der Waals surface area contributed by atoms with Crippen molar-refractivity contribution in [1.29, 1.82) is 0 Å². The predicted octanol–water partition coefficient (Wildman–Crippen LogP) is 5.67. The lowest BCUT2D eigenvalue weighted by Crippen LogP contribution is -2.54. The first kappa shape index (κ1) is 25.5. The average molecular weight is 582 g/mol. The number of para-hydroxylation sites is 1. The maximum Gasteiger partial charge on any atom is 0.275 e. The maximum absolute atomic E-state index is 14.4. The Balaban J connectivity index is 1.41. The van der Waals surface area contributed by atoms with Gasteiger partial charge in [0.25, 0.3) is 5.91 Å². The van der Waals surface area contributed by atoms with Crippen LogP contribution in [0.2, 0.25) is 10.0 Å². The van der Waals surface area contributed by atoms with Crippen LogP contribution in [0.3, 0.4) is 0 Å². The third-order valence-corrected chi connectivity index (χ3v) is 8.96. The largest absolute Gasteiger partial charge is 0.507 e. The van der Waals surface area contributed by atoms with Gasteiger partial charge in [0.2, 0.25) is 11.8 Å². The third kappa shape index (κ3) is 3.52. The molecule has 0 spiro atoms. The zero-order valence-electron chi connectivity index (χ0n) is 21.3. The van der Waals surface area contributed by atoms with Crippen LogP contribution in [-0.2, 0) is 15.0 Å². The van der Waals surface area contributed by atoms with E-state index in [1.807, 2.05) is 48.5 Å². The highest BCUT2D eigenvalue weighted by Crippen LogP contribution is 2.63. The van der Waals surface area contributed by atoms with E-state index in [0.717, 1.165) is 22.3 Å². The molecule has 0 radical (unpaired) electrons. The number of nitrogens with zero attached hydrogens (tertiary/aromatic N) is 2. The van der Waals surface area contributed by atoms with Crippen molar-refractivity contribution in [2.75, 3.05) is 4.90 Å². The second-order valence-electron chi connectivity index (χ2n) is 10.3. The summed E-state index contributed by atoms with van der Waals surface area (Å²) in [4.78, 5) is 42.7. The molecule has 41 heavy (non-hydrogen) atoms. The first-order chi connectivity index (χ1) is 19.8. The van der Waals surface area contributed by atoms with Crippen LogP contribution in [0.1, 0.15) is 38.5 Å². The van der Waals surface area contributed by atoms with E-state index < -0.39 is 29.1 Å². The van der Waals surface area contributed by atoms with E-state index >= 15 is 0 Å². The number of amides is 3. The molecule has 0 aromatic heterocycles. The molecule has 4 aromatic rings. The highest BCUT2D eigenvalue weighted by molar-refractivity contribution is 6.38. The molecule has 9 heteroatoms. The number of carbonyl (C=O) groups is 3. The number of hydrazone groups is 1. The minimum absolute atomic E-state index is 0.0591. The number of benzene rings is 4. The molecule has 4 aromatic carbocycles. The summed E-state index contributed by atoms with van der Waals surface area (Å²) < 4.78 is 0. The standard InChI is InChI=1S/C32H21Cl2N3O4/c33-17-13-14-24(23(34)15-17)37-30(40)27-26-18-7-1-4-10-21(18)32(28(27)31(37)41,22-11-5-2-8-19(22)26)16-35-36-29(39)20-9-3-6-12-25(20)38/h1-16,26-28,38H,(H,36,39)/b35-16-/t26?,27-,28+,32?/m1/s1. The molecule has 8 rings (SSSR count). The van der Waals surface area contributed by atoms with Gasteiger partial charge in [-0.15, -0.1) is 0 Å². The fraction of sp³-hybridized carbons (Fsp3) is 0.125. The summed E-state index contributed by atoms with van der Waals surface area (Å²) in [7, 11) is 0. The number of anilines is 1. The highest BCUT2D eigenvalue weighted by atomic mass is 35.5. The molecule has 2 bridgehead atoms. The van der Waals surface area contributed by atoms with Crippen molar-refractivity contribution < 1.29 is 19.5 Å². The average Bonchev–Trinajstić information content (AvgIpc) is 3.24. The van der Waals surface area contributed by atoms with Crippen molar-refractivity contribution in [3.8, 4) is 5.75 Å². The van der Waals surface area contributed by atoms with Gasteiger partial charge in [-0.05, 0) is 52.6 Å². The van der Waals surface area contributed by atoms with Crippen molar-refractivity contribution in [1.82, 2.24) is 5.43 Å². The molecule has 2 N–H and O–H groups in total. The lowest BCUT2D eigenvalue weighted by Gasteiger charge is -2.52. The lowest BCUT2D eigenvalue weighted by atomic mass is 9.47. The summed E-state index contributed by atoms with van der Waals surface area (Å²) >= 11 is 12.6. The van der Waals surface area contributed by atoms with Gasteiger partial charge < -0.3 is 5.11 Å². The Morgan fingerprint density at radius 1 is 0.878 bits per heavy atom. The Hall–Kier alpha value is -4.46. The van der Waals surface area contributed by atoms with Gasteiger partial charge in [-0.2, -0.15) is 5.10 Å². The van der Waals surface area contributed by atoms with Crippen molar-refractivity contribution in [3.05, 3.63) is 129 Å². The van der Waals surface area contributed by atoms with Crippen molar-refractivity contribution in [3.63, 3.8) is 0 Å². The molecule has 0 unspecified atom stereocenters. The molecule has 1 fully saturated rings. The topological polar surface area (TPSA) is 99.1 Å². The summed E-state index contributed by atoms with van der Waals surface area (Å²) in [5, 5.41) is 15.1. The fourth-order valence-electron chi connectivity index (χ4n) is 6.87. The summed E-state index contributed by atoms with van der Waals surface area (Å²) in [6, 6.07) is 26.3. The number of phenolic OH excluding ortho intramolecular Hbond substituents is 1. The first-order valence-electron chi connectivity index (χ1n) is 13.0. The number of rotatable bonds is 4. The van der Waals surface area contributed by atoms with Crippen LogP contribution < -0.4 is 10.3 Å². The van der Waals surface area contributed by atoms with Crippen LogP contribution in [0.5, 0.6) is 5.75 Å². The second kappa shape index (κ2) is 9.29. The molecule has 3 amide bonds. The maximum atomic E-state index is 14.4. The minimum Gasteiger partial charge on any atom is -0.507 e. The van der Waals surface area contributed by atoms with E-state index in [0.29, 0.717) is 5.02 Å². The van der Waals surface area contributed by atoms with E-state index in [1.54, 1.807) is 30.5 Å². The molecule has 0 saturated carbocycles.